The van der Waals surface area contributed by atoms with Crippen molar-refractivity contribution in [3.8, 4) is 5.75 Å². The molecule has 2 aromatic rings. The van der Waals surface area contributed by atoms with Gasteiger partial charge in [0.15, 0.2) is 0 Å². The summed E-state index contributed by atoms with van der Waals surface area (Å²) >= 11 is 0. The second kappa shape index (κ2) is 7.87. The molecule has 0 N–H and O–H groups in total. The highest BCUT2D eigenvalue weighted by Gasteiger charge is 2.37. The van der Waals surface area contributed by atoms with Crippen molar-refractivity contribution in [3.63, 3.8) is 0 Å². The van der Waals surface area contributed by atoms with Crippen molar-refractivity contribution < 1.29 is 13.9 Å². The Morgan fingerprint density at radius 3 is 2.54 bits per heavy atom. The highest BCUT2D eigenvalue weighted by Crippen LogP contribution is 2.31. The molecule has 3 rings (SSSR count). The monoisotopic (exact) mass is 356 g/mol. The lowest BCUT2D eigenvalue weighted by molar-refractivity contribution is -0.129. The largest absolute Gasteiger partial charge is 0.497 e. The molecule has 26 heavy (non-hydrogen) atoms. The maximum absolute atomic E-state index is 13.4. The smallest absolute Gasteiger partial charge is 0.227 e. The van der Waals surface area contributed by atoms with Crippen LogP contribution in [0.2, 0.25) is 0 Å². The number of methoxy groups -OCH3 is 1. The van der Waals surface area contributed by atoms with Crippen molar-refractivity contribution in [3.05, 3.63) is 65.5 Å². The van der Waals surface area contributed by atoms with Crippen LogP contribution in [0, 0.1) is 5.82 Å². The van der Waals surface area contributed by atoms with Gasteiger partial charge in [0.1, 0.15) is 11.6 Å². The van der Waals surface area contributed by atoms with E-state index >= 15 is 0 Å². The zero-order chi connectivity index (χ0) is 18.7. The van der Waals surface area contributed by atoms with Gasteiger partial charge in [-0.05, 0) is 49.5 Å². The summed E-state index contributed by atoms with van der Waals surface area (Å²) in [6.45, 7) is 1.35. The van der Waals surface area contributed by atoms with Gasteiger partial charge in [-0.1, -0.05) is 24.3 Å². The van der Waals surface area contributed by atoms with Gasteiger partial charge in [0, 0.05) is 25.0 Å². The molecule has 0 unspecified atom stereocenters. The molecule has 0 aromatic heterocycles. The molecule has 0 aliphatic carbocycles. The summed E-state index contributed by atoms with van der Waals surface area (Å²) in [5.41, 5.74) is 1.91. The van der Waals surface area contributed by atoms with Gasteiger partial charge in [-0.15, -0.1) is 0 Å². The first kappa shape index (κ1) is 18.4. The van der Waals surface area contributed by atoms with E-state index in [4.69, 9.17) is 4.74 Å². The van der Waals surface area contributed by atoms with Crippen molar-refractivity contribution in [2.24, 2.45) is 0 Å². The van der Waals surface area contributed by atoms with Crippen LogP contribution in [-0.2, 0) is 11.2 Å². The number of amides is 1. The summed E-state index contributed by atoms with van der Waals surface area (Å²) in [5, 5.41) is 0. The Bertz CT molecular complexity index is 761. The van der Waals surface area contributed by atoms with Gasteiger partial charge in [0.2, 0.25) is 5.91 Å². The van der Waals surface area contributed by atoms with Gasteiger partial charge in [0.25, 0.3) is 0 Å². The average molecular weight is 356 g/mol. The van der Waals surface area contributed by atoms with Gasteiger partial charge >= 0.3 is 0 Å². The van der Waals surface area contributed by atoms with Crippen LogP contribution < -0.4 is 4.74 Å². The van der Waals surface area contributed by atoms with Gasteiger partial charge in [-0.3, -0.25) is 4.79 Å². The number of nitrogens with zero attached hydrogens (tertiary/aromatic N) is 2. The zero-order valence-electron chi connectivity index (χ0n) is 15.5. The first-order chi connectivity index (χ1) is 12.5. The first-order valence-corrected chi connectivity index (χ1v) is 8.80. The molecule has 5 heteroatoms. The lowest BCUT2D eigenvalue weighted by Gasteiger charge is -2.25. The van der Waals surface area contributed by atoms with E-state index in [0.717, 1.165) is 5.75 Å². The van der Waals surface area contributed by atoms with Gasteiger partial charge < -0.3 is 14.5 Å². The fourth-order valence-electron chi connectivity index (χ4n) is 3.63. The minimum atomic E-state index is -0.306. The summed E-state index contributed by atoms with van der Waals surface area (Å²) in [5.74, 6) is 0.803. The van der Waals surface area contributed by atoms with Crippen LogP contribution >= 0.6 is 0 Å². The molecule has 1 saturated heterocycles. The minimum Gasteiger partial charge on any atom is -0.497 e. The van der Waals surface area contributed by atoms with Crippen LogP contribution in [0.3, 0.4) is 0 Å². The second-order valence-electron chi connectivity index (χ2n) is 7.02. The van der Waals surface area contributed by atoms with E-state index in [0.29, 0.717) is 18.7 Å². The fourth-order valence-corrected chi connectivity index (χ4v) is 3.63. The van der Waals surface area contributed by atoms with Crippen LogP contribution in [0.15, 0.2) is 48.5 Å². The van der Waals surface area contributed by atoms with Crippen LogP contribution in [-0.4, -0.2) is 56.0 Å². The maximum Gasteiger partial charge on any atom is 0.227 e. The average Bonchev–Trinajstić information content (AvgIpc) is 3.08. The van der Waals surface area contributed by atoms with E-state index in [1.165, 1.54) is 17.7 Å². The molecule has 1 heterocycles. The van der Waals surface area contributed by atoms with Gasteiger partial charge in [0.05, 0.1) is 13.5 Å². The Hall–Kier alpha value is -2.40. The summed E-state index contributed by atoms with van der Waals surface area (Å²) < 4.78 is 18.6. The number of likely N-dealkylation sites (tertiary alicyclic amines) is 1. The summed E-state index contributed by atoms with van der Waals surface area (Å²) in [4.78, 5) is 16.8. The first-order valence-electron chi connectivity index (χ1n) is 8.80. The number of ether oxygens (including phenoxy) is 1. The predicted octanol–water partition coefficient (Wildman–Crippen LogP) is 2.93. The van der Waals surface area contributed by atoms with Crippen molar-refractivity contribution in [2.75, 3.05) is 34.3 Å². The Labute approximate surface area is 154 Å². The third-order valence-corrected chi connectivity index (χ3v) is 5.09. The van der Waals surface area contributed by atoms with Crippen molar-refractivity contribution in [1.29, 1.82) is 0 Å². The molecule has 2 atom stereocenters. The molecule has 0 saturated carbocycles. The quantitative estimate of drug-likeness (QED) is 0.826. The van der Waals surface area contributed by atoms with Crippen LogP contribution in [0.4, 0.5) is 4.39 Å². The lowest BCUT2D eigenvalue weighted by atomic mass is 9.93. The molecule has 0 radical (unpaired) electrons. The molecule has 1 amide bonds. The number of benzene rings is 2. The maximum atomic E-state index is 13.4. The Morgan fingerprint density at radius 1 is 1.19 bits per heavy atom. The topological polar surface area (TPSA) is 32.8 Å². The predicted molar refractivity (Wildman–Crippen MR) is 99.9 cm³/mol. The van der Waals surface area contributed by atoms with E-state index in [9.17, 15) is 9.18 Å². The third kappa shape index (κ3) is 4.05. The highest BCUT2D eigenvalue weighted by molar-refractivity contribution is 5.79. The van der Waals surface area contributed by atoms with Gasteiger partial charge in [-0.2, -0.15) is 0 Å². The van der Waals surface area contributed by atoms with Gasteiger partial charge in [-0.25, -0.2) is 4.39 Å². The van der Waals surface area contributed by atoms with E-state index in [2.05, 4.69) is 17.0 Å². The zero-order valence-corrected chi connectivity index (χ0v) is 15.5. The number of carbonyl (C=O) groups is 1. The molecule has 4 nitrogen and oxygen atoms in total. The summed E-state index contributed by atoms with van der Waals surface area (Å²) in [7, 11) is 5.74. The Balaban J connectivity index is 1.74. The highest BCUT2D eigenvalue weighted by atomic mass is 19.1. The minimum absolute atomic E-state index is 0.0402. The fraction of sp³-hybridized carbons (Fsp3) is 0.381. The second-order valence-corrected chi connectivity index (χ2v) is 7.02. The molecule has 1 aliphatic heterocycles. The number of hydrogen-bond acceptors (Lipinski definition) is 3. The van der Waals surface area contributed by atoms with Crippen molar-refractivity contribution in [1.82, 2.24) is 9.80 Å². The summed E-state index contributed by atoms with van der Waals surface area (Å²) in [6.07, 6.45) is 0.229. The molecular formula is C21H25FN2O2. The van der Waals surface area contributed by atoms with E-state index in [1.807, 2.05) is 31.1 Å². The molecule has 1 aliphatic rings. The molecular weight excluding hydrogens is 331 g/mol. The van der Waals surface area contributed by atoms with Crippen LogP contribution in [0.5, 0.6) is 5.75 Å². The Morgan fingerprint density at radius 2 is 1.92 bits per heavy atom. The van der Waals surface area contributed by atoms with E-state index in [1.54, 1.807) is 19.2 Å². The van der Waals surface area contributed by atoms with E-state index in [-0.39, 0.29) is 30.1 Å². The number of hydrogen-bond donors (Lipinski definition) is 0. The number of carbonyl (C=O) groups excluding carboxylic acids is 1. The SMILES string of the molecule is COc1ccc([C@@H]2CN(C(=O)Cc3cccc(F)c3)C[C@H]2N(C)C)cc1. The van der Waals surface area contributed by atoms with Crippen LogP contribution in [0.1, 0.15) is 17.0 Å². The normalized spacial score (nSPS) is 19.8. The Kier molecular flexibility index (Phi) is 5.57. The lowest BCUT2D eigenvalue weighted by Crippen LogP contribution is -2.36. The molecule has 0 spiro atoms. The van der Waals surface area contributed by atoms with Crippen molar-refractivity contribution in [2.45, 2.75) is 18.4 Å². The molecule has 138 valence electrons. The van der Waals surface area contributed by atoms with Crippen LogP contribution in [0.25, 0.3) is 0 Å². The number of rotatable bonds is 5. The number of likely N-dealkylation sites (N-methyl/N-ethyl adjacent to an activating group) is 1. The summed E-state index contributed by atoms with van der Waals surface area (Å²) in [6, 6.07) is 14.6. The van der Waals surface area contributed by atoms with E-state index < -0.39 is 0 Å². The standard InChI is InChI=1S/C21H25FN2O2/c1-23(2)20-14-24(21(25)12-15-5-4-6-17(22)11-15)13-19(20)16-7-9-18(26-3)10-8-16/h4-11,19-20H,12-14H2,1-3H3/t19-,20+/m0/s1. The molecule has 2 aromatic carbocycles. The molecule has 1 fully saturated rings. The third-order valence-electron chi connectivity index (χ3n) is 5.09. The number of halogens is 1. The molecule has 0 bridgehead atoms. The van der Waals surface area contributed by atoms with Crippen molar-refractivity contribution >= 4 is 5.91 Å².